The smallest absolute Gasteiger partial charge is 0.227 e. The molecule has 0 saturated carbocycles. The summed E-state index contributed by atoms with van der Waals surface area (Å²) < 4.78 is 15.4. The van der Waals surface area contributed by atoms with Crippen molar-refractivity contribution >= 4 is 21.7 Å². The third-order valence-corrected chi connectivity index (χ3v) is 2.84. The van der Waals surface area contributed by atoms with Gasteiger partial charge in [0, 0.05) is 16.1 Å². The second-order valence-corrected chi connectivity index (χ2v) is 4.54. The second kappa shape index (κ2) is 5.19. The van der Waals surface area contributed by atoms with Crippen molar-refractivity contribution in [2.45, 2.75) is 6.54 Å². The van der Waals surface area contributed by atoms with E-state index in [2.05, 4.69) is 15.9 Å². The highest BCUT2D eigenvalue weighted by molar-refractivity contribution is 9.10. The molecule has 0 spiro atoms. The number of hydrogen-bond donors (Lipinski definition) is 0. The second-order valence-electron chi connectivity index (χ2n) is 3.62. The highest BCUT2D eigenvalue weighted by Gasteiger charge is 2.12. The normalized spacial score (nSPS) is 10.2. The number of hydrogen-bond acceptors (Lipinski definition) is 1. The zero-order chi connectivity index (χ0) is 12.3. The van der Waals surface area contributed by atoms with Crippen molar-refractivity contribution in [1.82, 2.24) is 0 Å². The van der Waals surface area contributed by atoms with Gasteiger partial charge in [0.15, 0.2) is 12.0 Å². The van der Waals surface area contributed by atoms with Crippen LogP contribution in [0.15, 0.2) is 53.3 Å². The van der Waals surface area contributed by atoms with Crippen LogP contribution in [0, 0.1) is 5.82 Å². The molecular weight excluding hydrogens is 285 g/mol. The first kappa shape index (κ1) is 11.9. The fourth-order valence-electron chi connectivity index (χ4n) is 1.48. The highest BCUT2D eigenvalue weighted by Crippen LogP contribution is 2.10. The lowest BCUT2D eigenvalue weighted by Crippen LogP contribution is -2.37. The maximum absolute atomic E-state index is 12.9. The Morgan fingerprint density at radius 3 is 2.59 bits per heavy atom. The van der Waals surface area contributed by atoms with E-state index in [1.807, 2.05) is 12.1 Å². The molecule has 0 N–H and O–H groups in total. The number of benzene rings is 1. The minimum absolute atomic E-state index is 0.0481. The maximum Gasteiger partial charge on any atom is 0.227 e. The van der Waals surface area contributed by atoms with Crippen LogP contribution in [-0.4, -0.2) is 5.78 Å². The van der Waals surface area contributed by atoms with Crippen molar-refractivity contribution < 1.29 is 13.8 Å². The molecule has 0 saturated heterocycles. The van der Waals surface area contributed by atoms with Gasteiger partial charge in [0.25, 0.3) is 0 Å². The minimum atomic E-state index is -0.351. The Labute approximate surface area is 107 Å². The van der Waals surface area contributed by atoms with Gasteiger partial charge >= 0.3 is 0 Å². The molecular formula is C13H10BrFNO+. The van der Waals surface area contributed by atoms with Crippen LogP contribution < -0.4 is 4.57 Å². The predicted molar refractivity (Wildman–Crippen MR) is 65.1 cm³/mol. The van der Waals surface area contributed by atoms with Gasteiger partial charge in [-0.2, -0.15) is 4.57 Å². The molecule has 0 bridgehead atoms. The van der Waals surface area contributed by atoms with Crippen LogP contribution in [0.3, 0.4) is 0 Å². The third kappa shape index (κ3) is 3.20. The molecule has 4 heteroatoms. The molecule has 0 aliphatic carbocycles. The lowest BCUT2D eigenvalue weighted by atomic mass is 10.1. The van der Waals surface area contributed by atoms with Gasteiger partial charge in [0.05, 0.1) is 0 Å². The van der Waals surface area contributed by atoms with Crippen LogP contribution in [-0.2, 0) is 6.54 Å². The topological polar surface area (TPSA) is 20.9 Å². The standard InChI is InChI=1S/C13H10BrFNO/c14-11-5-3-10(4-6-11)13(17)9-16-7-1-2-12(15)8-16/h1-8H,9H2/q+1. The number of carbonyl (C=O) groups excluding carboxylic acids is 1. The Bertz CT molecular complexity index is 539. The summed E-state index contributed by atoms with van der Waals surface area (Å²) >= 11 is 3.30. The fourth-order valence-corrected chi connectivity index (χ4v) is 1.75. The molecule has 2 nitrogen and oxygen atoms in total. The zero-order valence-electron chi connectivity index (χ0n) is 8.94. The number of Topliss-reactive ketones (excluding diaryl/α,β-unsaturated/α-hetero) is 1. The van der Waals surface area contributed by atoms with Gasteiger partial charge in [-0.25, -0.2) is 4.39 Å². The van der Waals surface area contributed by atoms with Crippen molar-refractivity contribution in [3.63, 3.8) is 0 Å². The number of aromatic nitrogens is 1. The van der Waals surface area contributed by atoms with Gasteiger partial charge < -0.3 is 0 Å². The Kier molecular flexibility index (Phi) is 3.64. The molecule has 0 unspecified atom stereocenters. The summed E-state index contributed by atoms with van der Waals surface area (Å²) in [7, 11) is 0. The van der Waals surface area contributed by atoms with E-state index in [1.54, 1.807) is 24.4 Å². The lowest BCUT2D eigenvalue weighted by Gasteiger charge is -1.98. The van der Waals surface area contributed by atoms with Crippen LogP contribution in [0.25, 0.3) is 0 Å². The molecule has 0 fully saturated rings. The summed E-state index contributed by atoms with van der Waals surface area (Å²) in [5, 5.41) is 0. The van der Waals surface area contributed by atoms with Gasteiger partial charge in [-0.15, -0.1) is 0 Å². The molecule has 1 aromatic heterocycles. The summed E-state index contributed by atoms with van der Waals surface area (Å²) in [6.45, 7) is 0.138. The summed E-state index contributed by atoms with van der Waals surface area (Å²) in [6.07, 6.45) is 2.97. The molecule has 2 aromatic rings. The Morgan fingerprint density at radius 2 is 1.94 bits per heavy atom. The van der Waals surface area contributed by atoms with Crippen LogP contribution in [0.2, 0.25) is 0 Å². The largest absolute Gasteiger partial charge is 0.287 e. The maximum atomic E-state index is 12.9. The fraction of sp³-hybridized carbons (Fsp3) is 0.0769. The predicted octanol–water partition coefficient (Wildman–Crippen LogP) is 2.76. The minimum Gasteiger partial charge on any atom is -0.287 e. The average molecular weight is 295 g/mol. The zero-order valence-corrected chi connectivity index (χ0v) is 10.5. The molecule has 0 aliphatic rings. The van der Waals surface area contributed by atoms with E-state index < -0.39 is 0 Å². The number of rotatable bonds is 3. The van der Waals surface area contributed by atoms with Gasteiger partial charge in [-0.1, -0.05) is 28.1 Å². The highest BCUT2D eigenvalue weighted by atomic mass is 79.9. The number of nitrogens with zero attached hydrogens (tertiary/aromatic N) is 1. The van der Waals surface area contributed by atoms with E-state index in [-0.39, 0.29) is 18.1 Å². The van der Waals surface area contributed by atoms with E-state index in [4.69, 9.17) is 0 Å². The van der Waals surface area contributed by atoms with Crippen molar-refractivity contribution in [3.05, 3.63) is 64.6 Å². The Morgan fingerprint density at radius 1 is 1.24 bits per heavy atom. The number of carbonyl (C=O) groups is 1. The molecule has 1 aromatic carbocycles. The van der Waals surface area contributed by atoms with E-state index in [9.17, 15) is 9.18 Å². The van der Waals surface area contributed by atoms with E-state index >= 15 is 0 Å². The molecule has 1 heterocycles. The first-order valence-electron chi connectivity index (χ1n) is 5.08. The molecule has 2 rings (SSSR count). The molecule has 86 valence electrons. The molecule has 0 atom stereocenters. The Balaban J connectivity index is 2.14. The summed E-state index contributed by atoms with van der Waals surface area (Å²) in [4.78, 5) is 11.9. The third-order valence-electron chi connectivity index (χ3n) is 2.31. The first-order valence-corrected chi connectivity index (χ1v) is 5.88. The molecule has 17 heavy (non-hydrogen) atoms. The average Bonchev–Trinajstić information content (AvgIpc) is 2.29. The lowest BCUT2D eigenvalue weighted by molar-refractivity contribution is -0.684. The van der Waals surface area contributed by atoms with Crippen LogP contribution in [0.4, 0.5) is 4.39 Å². The SMILES string of the molecule is O=C(C[n+]1cccc(F)c1)c1ccc(Br)cc1. The number of pyridine rings is 1. The summed E-state index contributed by atoms with van der Waals surface area (Å²) in [6, 6.07) is 10.0. The van der Waals surface area contributed by atoms with E-state index in [0.29, 0.717) is 5.56 Å². The van der Waals surface area contributed by atoms with E-state index in [1.165, 1.54) is 16.8 Å². The summed E-state index contributed by atoms with van der Waals surface area (Å²) in [5.41, 5.74) is 0.616. The van der Waals surface area contributed by atoms with Gasteiger partial charge in [0.2, 0.25) is 18.5 Å². The van der Waals surface area contributed by atoms with Crippen LogP contribution in [0.1, 0.15) is 10.4 Å². The quantitative estimate of drug-likeness (QED) is 0.630. The van der Waals surface area contributed by atoms with Gasteiger partial charge in [-0.3, -0.25) is 4.79 Å². The van der Waals surface area contributed by atoms with Crippen molar-refractivity contribution in [2.24, 2.45) is 0 Å². The molecule has 0 aliphatic heterocycles. The summed E-state index contributed by atoms with van der Waals surface area (Å²) in [5.74, 6) is -0.399. The van der Waals surface area contributed by atoms with Crippen molar-refractivity contribution in [1.29, 1.82) is 0 Å². The first-order chi connectivity index (χ1) is 8.15. The van der Waals surface area contributed by atoms with E-state index in [0.717, 1.165) is 4.47 Å². The van der Waals surface area contributed by atoms with Gasteiger partial charge in [0.1, 0.15) is 0 Å². The van der Waals surface area contributed by atoms with Crippen LogP contribution in [0.5, 0.6) is 0 Å². The van der Waals surface area contributed by atoms with Crippen LogP contribution >= 0.6 is 15.9 Å². The molecule has 0 radical (unpaired) electrons. The monoisotopic (exact) mass is 294 g/mol. The van der Waals surface area contributed by atoms with Gasteiger partial charge in [-0.05, 0) is 18.2 Å². The van der Waals surface area contributed by atoms with Crippen molar-refractivity contribution in [3.8, 4) is 0 Å². The number of halogens is 2. The Hall–Kier alpha value is -1.55. The molecule has 0 amide bonds. The number of ketones is 1. The van der Waals surface area contributed by atoms with Crippen molar-refractivity contribution in [2.75, 3.05) is 0 Å².